The minimum atomic E-state index is -0.277. The number of ether oxygens (including phenoxy) is 1. The lowest BCUT2D eigenvalue weighted by molar-refractivity contribution is -0.113. The van der Waals surface area contributed by atoms with E-state index in [-0.39, 0.29) is 18.3 Å². The standard InChI is InChI=1S/C29H23FN2O2S2/c1-19-16-22(17-27-28(33)32(29(35)36-27)23-9-4-3-5-10-23)20(2)31(19)24-12-14-25(15-13-24)34-18-21-8-6-7-11-26(21)30/h3-17H,18H2,1-2H3/b27-17+. The lowest BCUT2D eigenvalue weighted by Gasteiger charge is -2.13. The van der Waals surface area contributed by atoms with Crippen molar-refractivity contribution >= 4 is 46.0 Å². The Morgan fingerprint density at radius 2 is 1.64 bits per heavy atom. The number of hydrogen-bond donors (Lipinski definition) is 0. The van der Waals surface area contributed by atoms with Crippen molar-refractivity contribution < 1.29 is 13.9 Å². The molecule has 0 bridgehead atoms. The number of nitrogens with zero attached hydrogens (tertiary/aromatic N) is 2. The summed E-state index contributed by atoms with van der Waals surface area (Å²) < 4.78 is 22.3. The van der Waals surface area contributed by atoms with Gasteiger partial charge in [0, 0.05) is 22.6 Å². The van der Waals surface area contributed by atoms with Gasteiger partial charge >= 0.3 is 0 Å². The van der Waals surface area contributed by atoms with Crippen molar-refractivity contribution in [2.75, 3.05) is 4.90 Å². The monoisotopic (exact) mass is 514 g/mol. The highest BCUT2D eigenvalue weighted by Crippen LogP contribution is 2.37. The van der Waals surface area contributed by atoms with Crippen LogP contribution in [-0.2, 0) is 11.4 Å². The van der Waals surface area contributed by atoms with Crippen molar-refractivity contribution in [2.45, 2.75) is 20.5 Å². The molecule has 4 nitrogen and oxygen atoms in total. The number of carbonyl (C=O) groups is 1. The van der Waals surface area contributed by atoms with Gasteiger partial charge < -0.3 is 9.30 Å². The summed E-state index contributed by atoms with van der Waals surface area (Å²) in [5.41, 5.74) is 5.27. The average Bonchev–Trinajstić information content (AvgIpc) is 3.32. The van der Waals surface area contributed by atoms with Crippen molar-refractivity contribution in [3.05, 3.63) is 118 Å². The molecule has 1 aliphatic heterocycles. The Bertz CT molecular complexity index is 1480. The van der Waals surface area contributed by atoms with Gasteiger partial charge in [0.05, 0.1) is 10.6 Å². The SMILES string of the molecule is Cc1cc(/C=C2/SC(=S)N(c3ccccc3)C2=O)c(C)n1-c1ccc(OCc2ccccc2F)cc1. The number of hydrogen-bond acceptors (Lipinski definition) is 4. The van der Waals surface area contributed by atoms with E-state index in [1.807, 2.05) is 74.5 Å². The summed E-state index contributed by atoms with van der Waals surface area (Å²) in [6.07, 6.45) is 1.91. The first-order valence-corrected chi connectivity index (χ1v) is 12.6. The number of thiocarbonyl (C=S) groups is 1. The maximum atomic E-state index is 13.8. The highest BCUT2D eigenvalue weighted by molar-refractivity contribution is 8.27. The minimum Gasteiger partial charge on any atom is -0.489 e. The summed E-state index contributed by atoms with van der Waals surface area (Å²) in [7, 11) is 0. The molecule has 4 aromatic rings. The molecule has 1 saturated heterocycles. The van der Waals surface area contributed by atoms with Gasteiger partial charge in [0.2, 0.25) is 0 Å². The van der Waals surface area contributed by atoms with Crippen molar-refractivity contribution in [3.63, 3.8) is 0 Å². The topological polar surface area (TPSA) is 34.5 Å². The molecule has 0 atom stereocenters. The molecule has 7 heteroatoms. The van der Waals surface area contributed by atoms with E-state index in [1.165, 1.54) is 17.8 Å². The molecule has 0 saturated carbocycles. The van der Waals surface area contributed by atoms with Crippen molar-refractivity contribution in [3.8, 4) is 11.4 Å². The third kappa shape index (κ3) is 4.72. The molecule has 0 unspecified atom stereocenters. The predicted octanol–water partition coefficient (Wildman–Crippen LogP) is 7.22. The minimum absolute atomic E-state index is 0.114. The Labute approximate surface area is 219 Å². The molecule has 1 aliphatic rings. The van der Waals surface area contributed by atoms with E-state index in [4.69, 9.17) is 17.0 Å². The molecule has 0 spiro atoms. The summed E-state index contributed by atoms with van der Waals surface area (Å²) in [6.45, 7) is 4.22. The van der Waals surface area contributed by atoms with Crippen LogP contribution in [0.1, 0.15) is 22.5 Å². The van der Waals surface area contributed by atoms with Gasteiger partial charge in [-0.2, -0.15) is 0 Å². The second-order valence-corrected chi connectivity index (χ2v) is 10.1. The highest BCUT2D eigenvalue weighted by atomic mass is 32.2. The van der Waals surface area contributed by atoms with Crippen LogP contribution >= 0.6 is 24.0 Å². The van der Waals surface area contributed by atoms with Crippen LogP contribution in [0.25, 0.3) is 11.8 Å². The van der Waals surface area contributed by atoms with Crippen LogP contribution in [0.5, 0.6) is 5.75 Å². The molecule has 36 heavy (non-hydrogen) atoms. The first-order chi connectivity index (χ1) is 17.4. The predicted molar refractivity (Wildman–Crippen MR) is 148 cm³/mol. The summed E-state index contributed by atoms with van der Waals surface area (Å²) in [5.74, 6) is 0.271. The van der Waals surface area contributed by atoms with Crippen molar-refractivity contribution in [2.24, 2.45) is 0 Å². The van der Waals surface area contributed by atoms with E-state index in [1.54, 1.807) is 23.1 Å². The number of rotatable bonds is 6. The van der Waals surface area contributed by atoms with Crippen LogP contribution in [0.2, 0.25) is 0 Å². The lowest BCUT2D eigenvalue weighted by atomic mass is 10.2. The van der Waals surface area contributed by atoms with Gasteiger partial charge in [-0.05, 0) is 74.0 Å². The van der Waals surface area contributed by atoms with Gasteiger partial charge in [0.25, 0.3) is 5.91 Å². The molecule has 180 valence electrons. The zero-order chi connectivity index (χ0) is 25.2. The number of amides is 1. The largest absolute Gasteiger partial charge is 0.489 e. The Morgan fingerprint density at radius 3 is 2.36 bits per heavy atom. The van der Waals surface area contributed by atoms with Crippen LogP contribution in [0.4, 0.5) is 10.1 Å². The molecule has 1 fully saturated rings. The molecule has 0 N–H and O–H groups in total. The Hall–Kier alpha value is -3.68. The normalized spacial score (nSPS) is 14.6. The van der Waals surface area contributed by atoms with Gasteiger partial charge in [0.15, 0.2) is 4.32 Å². The fourth-order valence-electron chi connectivity index (χ4n) is 4.21. The number of thioether (sulfide) groups is 1. The maximum Gasteiger partial charge on any atom is 0.270 e. The zero-order valence-electron chi connectivity index (χ0n) is 19.8. The van der Waals surface area contributed by atoms with Gasteiger partial charge in [-0.3, -0.25) is 9.69 Å². The van der Waals surface area contributed by atoms with E-state index in [9.17, 15) is 9.18 Å². The number of benzene rings is 3. The fourth-order valence-corrected chi connectivity index (χ4v) is 5.50. The number of aryl methyl sites for hydroxylation is 1. The van der Waals surface area contributed by atoms with Gasteiger partial charge in [0.1, 0.15) is 18.2 Å². The van der Waals surface area contributed by atoms with Crippen LogP contribution < -0.4 is 9.64 Å². The van der Waals surface area contributed by atoms with E-state index >= 15 is 0 Å². The van der Waals surface area contributed by atoms with Crippen LogP contribution in [0, 0.1) is 19.7 Å². The second kappa shape index (κ2) is 10.1. The molecular formula is C29H23FN2O2S2. The Kier molecular flexibility index (Phi) is 6.76. The molecule has 0 radical (unpaired) electrons. The second-order valence-electron chi connectivity index (χ2n) is 8.39. The first kappa shape index (κ1) is 24.0. The number of carbonyl (C=O) groups excluding carboxylic acids is 1. The fraction of sp³-hybridized carbons (Fsp3) is 0.103. The lowest BCUT2D eigenvalue weighted by Crippen LogP contribution is -2.27. The third-order valence-corrected chi connectivity index (χ3v) is 7.31. The molecular weight excluding hydrogens is 491 g/mol. The number of para-hydroxylation sites is 1. The quantitative estimate of drug-likeness (QED) is 0.201. The van der Waals surface area contributed by atoms with Gasteiger partial charge in [-0.1, -0.05) is 60.4 Å². The molecule has 3 aromatic carbocycles. The highest BCUT2D eigenvalue weighted by Gasteiger charge is 2.33. The Balaban J connectivity index is 1.36. The molecule has 1 amide bonds. The van der Waals surface area contributed by atoms with E-state index in [0.717, 1.165) is 28.3 Å². The van der Waals surface area contributed by atoms with Gasteiger partial charge in [-0.25, -0.2) is 4.39 Å². The summed E-state index contributed by atoms with van der Waals surface area (Å²) >= 11 is 6.81. The average molecular weight is 515 g/mol. The number of anilines is 1. The number of halogens is 1. The van der Waals surface area contributed by atoms with E-state index in [2.05, 4.69) is 10.6 Å². The molecule has 0 aliphatic carbocycles. The third-order valence-electron chi connectivity index (χ3n) is 6.01. The summed E-state index contributed by atoms with van der Waals surface area (Å²) in [5, 5.41) is 0. The van der Waals surface area contributed by atoms with E-state index in [0.29, 0.717) is 20.5 Å². The van der Waals surface area contributed by atoms with Crippen LogP contribution in [0.3, 0.4) is 0 Å². The first-order valence-electron chi connectivity index (χ1n) is 11.4. The van der Waals surface area contributed by atoms with Gasteiger partial charge in [-0.15, -0.1) is 0 Å². The maximum absolute atomic E-state index is 13.8. The molecule has 2 heterocycles. The number of aromatic nitrogens is 1. The van der Waals surface area contributed by atoms with Crippen molar-refractivity contribution in [1.29, 1.82) is 0 Å². The van der Waals surface area contributed by atoms with Crippen LogP contribution in [-0.4, -0.2) is 14.8 Å². The smallest absolute Gasteiger partial charge is 0.270 e. The summed E-state index contributed by atoms with van der Waals surface area (Å²) in [6, 6.07) is 25.8. The Morgan fingerprint density at radius 1 is 0.944 bits per heavy atom. The zero-order valence-corrected chi connectivity index (χ0v) is 21.4. The molecule has 5 rings (SSSR count). The van der Waals surface area contributed by atoms with Crippen LogP contribution in [0.15, 0.2) is 89.8 Å². The summed E-state index contributed by atoms with van der Waals surface area (Å²) in [4.78, 5) is 15.3. The van der Waals surface area contributed by atoms with E-state index < -0.39 is 0 Å². The van der Waals surface area contributed by atoms with Crippen molar-refractivity contribution in [1.82, 2.24) is 4.57 Å². The molecule has 1 aromatic heterocycles.